The van der Waals surface area contributed by atoms with Crippen molar-refractivity contribution >= 4 is 32.2 Å². The summed E-state index contributed by atoms with van der Waals surface area (Å²) in [5.74, 6) is -6.09. The van der Waals surface area contributed by atoms with Crippen molar-refractivity contribution < 1.29 is 70.4 Å². The summed E-state index contributed by atoms with van der Waals surface area (Å²) < 4.78 is 65.7. The molecule has 4 rings (SSSR count). The van der Waals surface area contributed by atoms with Crippen LogP contribution >= 0.6 is 0 Å². The van der Waals surface area contributed by atoms with E-state index in [1.54, 1.807) is 0 Å². The molecule has 228 valence electrons. The molecule has 0 saturated carbocycles. The smallest absolute Gasteiger partial charge is 0.357 e. The van der Waals surface area contributed by atoms with E-state index in [-0.39, 0.29) is 32.1 Å². The number of hydrogen-bond acceptors (Lipinski definition) is 13. The summed E-state index contributed by atoms with van der Waals surface area (Å²) in [6.07, 6.45) is -1.42. The standard InChI is InChI=1S/C24H20N2O15S2/c27-19-9-13(11-21(29)30)23(33)25(19)40-42(35,36)17-5-1-15(2-6-17)39-16-3-7-18(8-4-16)43(37,38)41-26-20(28)10-14(24(26)34)12-22(31)32/h1-10,27-28,33-34H,11-12H2,(H,29,30)(H,31,32). The van der Waals surface area contributed by atoms with Gasteiger partial charge in [0.05, 0.1) is 12.8 Å². The van der Waals surface area contributed by atoms with Crippen molar-refractivity contribution in [2.24, 2.45) is 0 Å². The summed E-state index contributed by atoms with van der Waals surface area (Å²) in [5.41, 5.74) is -0.583. The van der Waals surface area contributed by atoms with Crippen LogP contribution in [0.3, 0.4) is 0 Å². The molecule has 6 N–H and O–H groups in total. The molecule has 0 aliphatic heterocycles. The SMILES string of the molecule is O=C(O)Cc1cc(O)n(OS(=O)(=O)c2ccc(Oc3ccc(S(=O)(=O)On4c(O)cc(CC(=O)O)c4O)cc3)cc2)c1O. The maximum absolute atomic E-state index is 12.6. The molecule has 0 bridgehead atoms. The number of ether oxygens (including phenoxy) is 1. The van der Waals surface area contributed by atoms with Crippen molar-refractivity contribution in [2.75, 3.05) is 0 Å². The third kappa shape index (κ3) is 6.68. The fourth-order valence-corrected chi connectivity index (χ4v) is 5.33. The first kappa shape index (κ1) is 30.4. The number of aromatic nitrogens is 2. The highest BCUT2D eigenvalue weighted by molar-refractivity contribution is 7.87. The zero-order chi connectivity index (χ0) is 31.7. The second-order valence-corrected chi connectivity index (χ2v) is 11.6. The lowest BCUT2D eigenvalue weighted by Gasteiger charge is -2.11. The van der Waals surface area contributed by atoms with Gasteiger partial charge < -0.3 is 35.4 Å². The summed E-state index contributed by atoms with van der Waals surface area (Å²) >= 11 is 0. The summed E-state index contributed by atoms with van der Waals surface area (Å²) in [5, 5.41) is 57.4. The Balaban J connectivity index is 1.45. The molecule has 43 heavy (non-hydrogen) atoms. The summed E-state index contributed by atoms with van der Waals surface area (Å²) in [6.45, 7) is 0. The van der Waals surface area contributed by atoms with Gasteiger partial charge in [-0.3, -0.25) is 18.2 Å². The second-order valence-electron chi connectivity index (χ2n) is 8.53. The maximum Gasteiger partial charge on any atom is 0.357 e. The zero-order valence-electron chi connectivity index (χ0n) is 21.3. The molecule has 19 heteroatoms. The van der Waals surface area contributed by atoms with Gasteiger partial charge in [-0.05, 0) is 48.5 Å². The zero-order valence-corrected chi connectivity index (χ0v) is 22.9. The van der Waals surface area contributed by atoms with Crippen LogP contribution in [-0.2, 0) is 42.7 Å². The Morgan fingerprint density at radius 3 is 1.23 bits per heavy atom. The number of carboxylic acids is 2. The molecule has 2 aromatic heterocycles. The minimum absolute atomic E-state index is 0.0920. The first-order valence-corrected chi connectivity index (χ1v) is 14.4. The van der Waals surface area contributed by atoms with Gasteiger partial charge in [0.1, 0.15) is 21.3 Å². The average Bonchev–Trinajstić information content (AvgIpc) is 3.32. The van der Waals surface area contributed by atoms with Crippen LogP contribution < -0.4 is 13.3 Å². The minimum atomic E-state index is -4.63. The lowest BCUT2D eigenvalue weighted by atomic mass is 10.2. The molecule has 4 aromatic rings. The molecule has 0 radical (unpaired) electrons. The van der Waals surface area contributed by atoms with E-state index in [2.05, 4.69) is 0 Å². The van der Waals surface area contributed by atoms with Crippen molar-refractivity contribution in [3.63, 3.8) is 0 Å². The Morgan fingerprint density at radius 1 is 0.605 bits per heavy atom. The van der Waals surface area contributed by atoms with Crippen LogP contribution in [0.15, 0.2) is 70.5 Å². The summed E-state index contributed by atoms with van der Waals surface area (Å²) in [4.78, 5) is 20.8. The van der Waals surface area contributed by atoms with Crippen LogP contribution in [0.25, 0.3) is 0 Å². The monoisotopic (exact) mass is 640 g/mol. The van der Waals surface area contributed by atoms with E-state index in [1.165, 1.54) is 24.3 Å². The normalized spacial score (nSPS) is 11.6. The van der Waals surface area contributed by atoms with E-state index in [4.69, 9.17) is 23.5 Å². The van der Waals surface area contributed by atoms with Crippen molar-refractivity contribution in [1.29, 1.82) is 0 Å². The van der Waals surface area contributed by atoms with E-state index in [9.17, 15) is 46.9 Å². The predicted octanol–water partition coefficient (Wildman–Crippen LogP) is 0.793. The number of nitrogens with zero attached hydrogens (tertiary/aromatic N) is 2. The molecule has 0 unspecified atom stereocenters. The Hall–Kier alpha value is -5.56. The third-order valence-electron chi connectivity index (χ3n) is 5.47. The Labute approximate surface area is 241 Å². The van der Waals surface area contributed by atoms with Crippen molar-refractivity contribution in [2.45, 2.75) is 22.6 Å². The van der Waals surface area contributed by atoms with Gasteiger partial charge in [0.2, 0.25) is 23.5 Å². The third-order valence-corrected chi connectivity index (χ3v) is 7.86. The van der Waals surface area contributed by atoms with Crippen LogP contribution in [0.2, 0.25) is 0 Å². The number of carbonyl (C=O) groups is 2. The first-order valence-electron chi connectivity index (χ1n) is 11.5. The molecule has 2 aromatic carbocycles. The van der Waals surface area contributed by atoms with Crippen LogP contribution in [0.4, 0.5) is 0 Å². The fourth-order valence-electron chi connectivity index (χ4n) is 3.54. The molecule has 0 aliphatic rings. The van der Waals surface area contributed by atoms with Crippen LogP contribution in [0.1, 0.15) is 11.1 Å². The van der Waals surface area contributed by atoms with Gasteiger partial charge in [-0.15, -0.1) is 0 Å². The summed E-state index contributed by atoms with van der Waals surface area (Å²) in [6, 6.07) is 10.7. The number of rotatable bonds is 12. The minimum Gasteiger partial charge on any atom is -0.492 e. The van der Waals surface area contributed by atoms with Gasteiger partial charge in [0.25, 0.3) is 0 Å². The molecule has 0 fully saturated rings. The van der Waals surface area contributed by atoms with Gasteiger partial charge >= 0.3 is 32.2 Å². The fraction of sp³-hybridized carbons (Fsp3) is 0.0833. The molecular weight excluding hydrogens is 620 g/mol. The molecule has 17 nitrogen and oxygen atoms in total. The largest absolute Gasteiger partial charge is 0.492 e. The molecule has 0 spiro atoms. The highest BCUT2D eigenvalue weighted by Gasteiger charge is 2.26. The number of carboxylic acid groups (broad SMARTS) is 2. The Kier molecular flexibility index (Phi) is 8.04. The molecule has 0 atom stereocenters. The first-order chi connectivity index (χ1) is 20.1. The molecule has 0 saturated heterocycles. The van der Waals surface area contributed by atoms with E-state index in [1.807, 2.05) is 0 Å². The van der Waals surface area contributed by atoms with Gasteiger partial charge in [-0.25, -0.2) is 0 Å². The molecule has 0 amide bonds. The Bertz CT molecular complexity index is 1770. The van der Waals surface area contributed by atoms with Gasteiger partial charge in [0, 0.05) is 23.3 Å². The average molecular weight is 641 g/mol. The van der Waals surface area contributed by atoms with E-state index in [0.717, 1.165) is 36.4 Å². The molecular formula is C24H20N2O15S2. The highest BCUT2D eigenvalue weighted by atomic mass is 32.2. The quantitative estimate of drug-likeness (QED) is 0.125. The Morgan fingerprint density at radius 2 is 0.930 bits per heavy atom. The molecule has 2 heterocycles. The van der Waals surface area contributed by atoms with E-state index >= 15 is 0 Å². The predicted molar refractivity (Wildman–Crippen MR) is 139 cm³/mol. The number of benzene rings is 2. The number of aliphatic carboxylic acids is 2. The van der Waals surface area contributed by atoms with Crippen LogP contribution in [-0.4, -0.2) is 68.9 Å². The van der Waals surface area contributed by atoms with Gasteiger partial charge in [-0.1, -0.05) is 9.46 Å². The lowest BCUT2D eigenvalue weighted by molar-refractivity contribution is -0.137. The van der Waals surface area contributed by atoms with E-state index in [0.29, 0.717) is 0 Å². The highest BCUT2D eigenvalue weighted by Crippen LogP contribution is 2.30. The lowest BCUT2D eigenvalue weighted by Crippen LogP contribution is -2.20. The van der Waals surface area contributed by atoms with Crippen LogP contribution in [0.5, 0.6) is 35.0 Å². The second kappa shape index (κ2) is 11.4. The van der Waals surface area contributed by atoms with E-state index < -0.39 is 78.3 Å². The van der Waals surface area contributed by atoms with Crippen molar-refractivity contribution in [1.82, 2.24) is 9.46 Å². The van der Waals surface area contributed by atoms with Gasteiger partial charge in [-0.2, -0.15) is 16.8 Å². The van der Waals surface area contributed by atoms with Crippen molar-refractivity contribution in [3.8, 4) is 35.0 Å². The van der Waals surface area contributed by atoms with Gasteiger partial charge in [0.15, 0.2) is 0 Å². The number of hydrogen-bond donors (Lipinski definition) is 6. The molecule has 0 aliphatic carbocycles. The maximum atomic E-state index is 12.6. The topological polar surface area (TPSA) is 261 Å². The van der Waals surface area contributed by atoms with Crippen molar-refractivity contribution in [3.05, 3.63) is 71.8 Å². The van der Waals surface area contributed by atoms with Crippen LogP contribution in [0, 0.1) is 0 Å². The summed E-state index contributed by atoms with van der Waals surface area (Å²) in [7, 11) is -9.26. The number of aromatic hydroxyl groups is 4.